The fourth-order valence-corrected chi connectivity index (χ4v) is 5.29. The normalized spacial score (nSPS) is 11.3. The molecule has 21 heavy (non-hydrogen) atoms. The van der Waals surface area contributed by atoms with Crippen molar-refractivity contribution >= 4 is 70.4 Å². The molecule has 0 aliphatic heterocycles. The van der Waals surface area contributed by atoms with Gasteiger partial charge in [0.05, 0.1) is 11.1 Å². The van der Waals surface area contributed by atoms with Gasteiger partial charge in [-0.2, -0.15) is 0 Å². The number of benzene rings is 1. The Balaban J connectivity index is 2.42. The van der Waals surface area contributed by atoms with E-state index in [1.54, 1.807) is 0 Å². The summed E-state index contributed by atoms with van der Waals surface area (Å²) in [6.45, 7) is 3.84. The minimum atomic E-state index is 0.484. The standard InChI is InChI=1S/C14H9Br3ClN3/c1-6-5-21(12-9(16)3-8(15)4-10(12)17)14-11(6)13(18)19-7(2)20-14/h3-5H,1-2H3. The van der Waals surface area contributed by atoms with Crippen LogP contribution in [-0.4, -0.2) is 14.5 Å². The van der Waals surface area contributed by atoms with Crippen molar-refractivity contribution in [2.45, 2.75) is 13.8 Å². The lowest BCUT2D eigenvalue weighted by Gasteiger charge is -2.11. The maximum Gasteiger partial charge on any atom is 0.150 e. The zero-order valence-corrected chi connectivity index (χ0v) is 16.6. The molecule has 0 saturated heterocycles. The maximum absolute atomic E-state index is 6.28. The Morgan fingerprint density at radius 1 is 1.05 bits per heavy atom. The minimum absolute atomic E-state index is 0.484. The van der Waals surface area contributed by atoms with Crippen LogP contribution in [0.25, 0.3) is 16.7 Å². The summed E-state index contributed by atoms with van der Waals surface area (Å²) in [6.07, 6.45) is 2.02. The number of aromatic nitrogens is 3. The number of hydrogen-bond donors (Lipinski definition) is 0. The number of aryl methyl sites for hydroxylation is 2. The highest BCUT2D eigenvalue weighted by Gasteiger charge is 2.17. The molecule has 3 rings (SSSR count). The average molecular weight is 494 g/mol. The molecule has 3 aromatic rings. The van der Waals surface area contributed by atoms with Gasteiger partial charge in [0.25, 0.3) is 0 Å². The van der Waals surface area contributed by atoms with E-state index in [1.165, 1.54) is 0 Å². The molecule has 7 heteroatoms. The Kier molecular flexibility index (Phi) is 4.16. The van der Waals surface area contributed by atoms with Crippen molar-refractivity contribution < 1.29 is 0 Å². The second kappa shape index (κ2) is 5.65. The lowest BCUT2D eigenvalue weighted by molar-refractivity contribution is 1.02. The lowest BCUT2D eigenvalue weighted by atomic mass is 10.3. The fourth-order valence-electron chi connectivity index (χ4n) is 2.29. The van der Waals surface area contributed by atoms with E-state index in [0.717, 1.165) is 35.7 Å². The molecular formula is C14H9Br3ClN3. The molecule has 0 aliphatic rings. The van der Waals surface area contributed by atoms with Crippen molar-refractivity contribution in [2.75, 3.05) is 0 Å². The van der Waals surface area contributed by atoms with Crippen LogP contribution in [0.4, 0.5) is 0 Å². The molecule has 0 bridgehead atoms. The van der Waals surface area contributed by atoms with Gasteiger partial charge in [-0.25, -0.2) is 9.97 Å². The van der Waals surface area contributed by atoms with Gasteiger partial charge in [-0.05, 0) is 63.4 Å². The van der Waals surface area contributed by atoms with Crippen LogP contribution in [0.5, 0.6) is 0 Å². The maximum atomic E-state index is 6.28. The summed E-state index contributed by atoms with van der Waals surface area (Å²) in [5, 5.41) is 1.36. The van der Waals surface area contributed by atoms with Crippen molar-refractivity contribution in [1.29, 1.82) is 0 Å². The SMILES string of the molecule is Cc1nc(Cl)c2c(C)cn(-c3c(Br)cc(Br)cc3Br)c2n1. The van der Waals surface area contributed by atoms with E-state index in [0.29, 0.717) is 11.0 Å². The molecular weight excluding hydrogens is 485 g/mol. The molecule has 0 atom stereocenters. The summed E-state index contributed by atoms with van der Waals surface area (Å²) in [5.74, 6) is 0.649. The third kappa shape index (κ3) is 2.67. The van der Waals surface area contributed by atoms with Crippen molar-refractivity contribution in [3.05, 3.63) is 48.3 Å². The molecule has 0 N–H and O–H groups in total. The Hall–Kier alpha value is -0.430. The van der Waals surface area contributed by atoms with Gasteiger partial charge in [-0.15, -0.1) is 0 Å². The zero-order valence-electron chi connectivity index (χ0n) is 11.1. The molecule has 0 fully saturated rings. The Morgan fingerprint density at radius 3 is 2.29 bits per heavy atom. The number of fused-ring (bicyclic) bond motifs is 1. The summed E-state index contributed by atoms with van der Waals surface area (Å²) in [4.78, 5) is 8.79. The first-order valence-corrected chi connectivity index (χ1v) is 8.81. The molecule has 0 unspecified atom stereocenters. The smallest absolute Gasteiger partial charge is 0.150 e. The highest BCUT2D eigenvalue weighted by Crippen LogP contribution is 2.36. The first-order valence-electron chi connectivity index (χ1n) is 6.05. The molecule has 1 aromatic carbocycles. The topological polar surface area (TPSA) is 30.7 Å². The molecule has 0 radical (unpaired) electrons. The van der Waals surface area contributed by atoms with E-state index in [9.17, 15) is 0 Å². The van der Waals surface area contributed by atoms with Gasteiger partial charge >= 0.3 is 0 Å². The van der Waals surface area contributed by atoms with Gasteiger partial charge in [0.1, 0.15) is 16.6 Å². The van der Waals surface area contributed by atoms with Gasteiger partial charge in [0, 0.05) is 19.6 Å². The fraction of sp³-hybridized carbons (Fsp3) is 0.143. The molecule has 0 saturated carbocycles. The zero-order chi connectivity index (χ0) is 15.3. The van der Waals surface area contributed by atoms with Crippen molar-refractivity contribution in [2.24, 2.45) is 0 Å². The first kappa shape index (κ1) is 15.5. The summed E-state index contributed by atoms with van der Waals surface area (Å²) < 4.78 is 4.91. The molecule has 2 aromatic heterocycles. The largest absolute Gasteiger partial charge is 0.299 e. The number of rotatable bonds is 1. The van der Waals surface area contributed by atoms with E-state index < -0.39 is 0 Å². The van der Waals surface area contributed by atoms with E-state index in [1.807, 2.05) is 36.7 Å². The van der Waals surface area contributed by atoms with Gasteiger partial charge < -0.3 is 0 Å². The van der Waals surface area contributed by atoms with Crippen LogP contribution >= 0.6 is 59.4 Å². The molecule has 3 nitrogen and oxygen atoms in total. The lowest BCUT2D eigenvalue weighted by Crippen LogP contribution is -1.99. The van der Waals surface area contributed by atoms with Crippen molar-refractivity contribution in [3.8, 4) is 5.69 Å². The van der Waals surface area contributed by atoms with Crippen molar-refractivity contribution in [1.82, 2.24) is 14.5 Å². The second-order valence-electron chi connectivity index (χ2n) is 4.66. The number of nitrogens with zero attached hydrogens (tertiary/aromatic N) is 3. The third-order valence-electron chi connectivity index (χ3n) is 3.13. The number of hydrogen-bond acceptors (Lipinski definition) is 2. The van der Waals surface area contributed by atoms with Gasteiger partial charge in [-0.3, -0.25) is 4.57 Å². The van der Waals surface area contributed by atoms with Crippen LogP contribution in [-0.2, 0) is 0 Å². The molecule has 108 valence electrons. The average Bonchev–Trinajstić information content (AvgIpc) is 2.65. The Bertz CT molecular complexity index is 851. The van der Waals surface area contributed by atoms with Gasteiger partial charge in [0.15, 0.2) is 0 Å². The van der Waals surface area contributed by atoms with Gasteiger partial charge in [-0.1, -0.05) is 27.5 Å². The van der Waals surface area contributed by atoms with Crippen molar-refractivity contribution in [3.63, 3.8) is 0 Å². The second-order valence-corrected chi connectivity index (χ2v) is 7.64. The highest BCUT2D eigenvalue weighted by atomic mass is 79.9. The van der Waals surface area contributed by atoms with E-state index in [4.69, 9.17) is 11.6 Å². The summed E-state index contributed by atoms with van der Waals surface area (Å²) in [6, 6.07) is 3.99. The Morgan fingerprint density at radius 2 is 1.67 bits per heavy atom. The minimum Gasteiger partial charge on any atom is -0.299 e. The monoisotopic (exact) mass is 491 g/mol. The highest BCUT2D eigenvalue weighted by molar-refractivity contribution is 9.11. The van der Waals surface area contributed by atoms with Gasteiger partial charge in [0.2, 0.25) is 0 Å². The van der Waals surface area contributed by atoms with Crippen LogP contribution in [0.1, 0.15) is 11.4 Å². The molecule has 0 amide bonds. The Labute approximate surface area is 152 Å². The number of halogens is 4. The van der Waals surface area contributed by atoms with E-state index in [-0.39, 0.29) is 0 Å². The third-order valence-corrected chi connectivity index (χ3v) is 5.07. The van der Waals surface area contributed by atoms with E-state index in [2.05, 4.69) is 57.8 Å². The summed E-state index contributed by atoms with van der Waals surface area (Å²) >= 11 is 17.0. The molecule has 0 aliphatic carbocycles. The first-order chi connectivity index (χ1) is 9.88. The summed E-state index contributed by atoms with van der Waals surface area (Å²) in [7, 11) is 0. The quantitative estimate of drug-likeness (QED) is 0.390. The van der Waals surface area contributed by atoms with Crippen LogP contribution in [0.3, 0.4) is 0 Å². The van der Waals surface area contributed by atoms with Crippen LogP contribution < -0.4 is 0 Å². The van der Waals surface area contributed by atoms with Crippen LogP contribution in [0.2, 0.25) is 5.15 Å². The molecule has 2 heterocycles. The predicted molar refractivity (Wildman–Crippen MR) is 96.4 cm³/mol. The van der Waals surface area contributed by atoms with E-state index >= 15 is 0 Å². The predicted octanol–water partition coefficient (Wildman–Crippen LogP) is 5.98. The molecule has 0 spiro atoms. The van der Waals surface area contributed by atoms with Crippen LogP contribution in [0, 0.1) is 13.8 Å². The van der Waals surface area contributed by atoms with Crippen LogP contribution in [0.15, 0.2) is 31.7 Å². The summed E-state index contributed by atoms with van der Waals surface area (Å²) in [5.41, 5.74) is 2.82.